The van der Waals surface area contributed by atoms with E-state index in [1.807, 2.05) is 52.2 Å². The van der Waals surface area contributed by atoms with Crippen LogP contribution in [0.4, 0.5) is 10.1 Å². The Morgan fingerprint density at radius 1 is 1.24 bits per heavy atom. The molecule has 1 heterocycles. The van der Waals surface area contributed by atoms with E-state index in [1.165, 1.54) is 6.08 Å². The molecule has 0 bridgehead atoms. The van der Waals surface area contributed by atoms with E-state index in [4.69, 9.17) is 0 Å². The topological polar surface area (TPSA) is 27.6 Å². The highest BCUT2D eigenvalue weighted by Gasteiger charge is 2.13. The van der Waals surface area contributed by atoms with E-state index in [-0.39, 0.29) is 0 Å². The van der Waals surface area contributed by atoms with Crippen molar-refractivity contribution >= 4 is 17.1 Å². The van der Waals surface area contributed by atoms with Crippen LogP contribution in [0.5, 0.6) is 0 Å². The maximum absolute atomic E-state index is 12.7. The summed E-state index contributed by atoms with van der Waals surface area (Å²) in [6.07, 6.45) is 9.18. The minimum Gasteiger partial charge on any atom is -0.378 e. The molecule has 1 aliphatic rings. The van der Waals surface area contributed by atoms with Gasteiger partial charge in [-0.25, -0.2) is 4.39 Å². The molecule has 0 aliphatic carbocycles. The van der Waals surface area contributed by atoms with Gasteiger partial charge in [0, 0.05) is 37.5 Å². The van der Waals surface area contributed by atoms with Crippen molar-refractivity contribution in [1.82, 2.24) is 5.32 Å². The van der Waals surface area contributed by atoms with Gasteiger partial charge < -0.3 is 10.2 Å². The van der Waals surface area contributed by atoms with Crippen molar-refractivity contribution in [2.75, 3.05) is 32.2 Å². The number of amidine groups is 1. The molecule has 150 valence electrons. The van der Waals surface area contributed by atoms with Crippen molar-refractivity contribution in [3.63, 3.8) is 0 Å². The van der Waals surface area contributed by atoms with Gasteiger partial charge in [-0.3, -0.25) is 4.99 Å². The Hall–Kier alpha value is -3.32. The zero-order valence-electron chi connectivity index (χ0n) is 17.6. The highest BCUT2D eigenvalue weighted by atomic mass is 19.1. The molecule has 29 heavy (non-hydrogen) atoms. The Kier molecular flexibility index (Phi) is 8.24. The van der Waals surface area contributed by atoms with Crippen LogP contribution in [0.15, 0.2) is 83.1 Å². The molecule has 0 amide bonds. The molecular formula is C25H28FN3. The zero-order chi connectivity index (χ0) is 21.2. The number of allylic oxidation sites excluding steroid dienone is 7. The summed E-state index contributed by atoms with van der Waals surface area (Å²) in [7, 11) is 4.03. The lowest BCUT2D eigenvalue weighted by Gasteiger charge is -2.12. The standard InChI is InChI=1S/C25H28FN3/c1-6-20(9-8-19(3)21-11-14-24(15-12-21)29(4)5)10-13-23-18-22(16-17-26)25(28-23)27-7-2/h6,8-9,11-12,14-16,18H,3,7,17H2,1-2,4-5H3,(H,27,28)/b9-8-,20-6+,22-16-. The Morgan fingerprint density at radius 3 is 2.55 bits per heavy atom. The number of rotatable bonds is 6. The molecule has 1 aromatic carbocycles. The maximum atomic E-state index is 12.7. The molecule has 2 rings (SSSR count). The van der Waals surface area contributed by atoms with Crippen LogP contribution in [0.1, 0.15) is 19.4 Å². The normalized spacial score (nSPS) is 16.6. The van der Waals surface area contributed by atoms with Crippen LogP contribution in [-0.2, 0) is 0 Å². The number of benzene rings is 1. The summed E-state index contributed by atoms with van der Waals surface area (Å²) in [5.41, 5.74) is 5.45. The lowest BCUT2D eigenvalue weighted by Crippen LogP contribution is -2.17. The average molecular weight is 390 g/mol. The van der Waals surface area contributed by atoms with E-state index in [0.29, 0.717) is 18.1 Å². The summed E-state index contributed by atoms with van der Waals surface area (Å²) in [4.78, 5) is 6.40. The fraction of sp³-hybridized carbons (Fsp3) is 0.240. The smallest absolute Gasteiger partial charge is 0.133 e. The van der Waals surface area contributed by atoms with Crippen molar-refractivity contribution in [2.24, 2.45) is 4.99 Å². The molecular weight excluding hydrogens is 361 g/mol. The van der Waals surface area contributed by atoms with Crippen molar-refractivity contribution < 1.29 is 4.39 Å². The third-order valence-corrected chi connectivity index (χ3v) is 4.31. The molecule has 4 heteroatoms. The number of hydrogen-bond acceptors (Lipinski definition) is 2. The Bertz CT molecular complexity index is 946. The van der Waals surface area contributed by atoms with E-state index in [9.17, 15) is 4.39 Å². The molecule has 0 aromatic heterocycles. The van der Waals surface area contributed by atoms with Crippen molar-refractivity contribution in [2.45, 2.75) is 13.8 Å². The molecule has 3 nitrogen and oxygen atoms in total. The fourth-order valence-electron chi connectivity index (χ4n) is 2.66. The largest absolute Gasteiger partial charge is 0.378 e. The summed E-state index contributed by atoms with van der Waals surface area (Å²) >= 11 is 0. The van der Waals surface area contributed by atoms with Gasteiger partial charge >= 0.3 is 0 Å². The number of alkyl halides is 1. The first kappa shape index (κ1) is 22.0. The zero-order valence-corrected chi connectivity index (χ0v) is 17.6. The first-order valence-corrected chi connectivity index (χ1v) is 9.61. The van der Waals surface area contributed by atoms with Gasteiger partial charge in [-0.2, -0.15) is 0 Å². The Balaban J connectivity index is 2.10. The average Bonchev–Trinajstić information content (AvgIpc) is 3.10. The molecule has 0 unspecified atom stereocenters. The van der Waals surface area contributed by atoms with Gasteiger partial charge in [-0.05, 0) is 61.3 Å². The van der Waals surface area contributed by atoms with Crippen LogP contribution < -0.4 is 10.2 Å². The first-order valence-electron chi connectivity index (χ1n) is 9.61. The van der Waals surface area contributed by atoms with Crippen LogP contribution in [-0.4, -0.2) is 33.2 Å². The van der Waals surface area contributed by atoms with Crippen LogP contribution in [0.3, 0.4) is 0 Å². The van der Waals surface area contributed by atoms with E-state index in [1.54, 1.807) is 0 Å². The molecule has 1 N–H and O–H groups in total. The minimum absolute atomic E-state index is 0.530. The summed E-state index contributed by atoms with van der Waals surface area (Å²) < 4.78 is 12.7. The van der Waals surface area contributed by atoms with Crippen LogP contribution in [0.25, 0.3) is 5.57 Å². The van der Waals surface area contributed by atoms with Crippen molar-refractivity contribution in [1.29, 1.82) is 0 Å². The highest BCUT2D eigenvalue weighted by molar-refractivity contribution is 6.05. The molecule has 0 spiro atoms. The Morgan fingerprint density at radius 2 is 1.97 bits per heavy atom. The number of nitrogens with one attached hydrogen (secondary N) is 1. The van der Waals surface area contributed by atoms with Gasteiger partial charge in [-0.1, -0.05) is 36.8 Å². The maximum Gasteiger partial charge on any atom is 0.133 e. The molecule has 0 saturated carbocycles. The van der Waals surface area contributed by atoms with Crippen LogP contribution in [0.2, 0.25) is 0 Å². The predicted octanol–water partition coefficient (Wildman–Crippen LogP) is 5.07. The van der Waals surface area contributed by atoms with E-state index in [2.05, 4.69) is 57.9 Å². The highest BCUT2D eigenvalue weighted by Crippen LogP contribution is 2.19. The van der Waals surface area contributed by atoms with Gasteiger partial charge in [0.2, 0.25) is 0 Å². The monoisotopic (exact) mass is 389 g/mol. The third kappa shape index (κ3) is 6.36. The molecule has 0 radical (unpaired) electrons. The van der Waals surface area contributed by atoms with E-state index < -0.39 is 6.67 Å². The van der Waals surface area contributed by atoms with Crippen molar-refractivity contribution in [3.05, 3.63) is 83.6 Å². The second kappa shape index (κ2) is 10.9. The summed E-state index contributed by atoms with van der Waals surface area (Å²) in [6.45, 7) is 8.12. The second-order valence-electron chi connectivity index (χ2n) is 6.61. The number of nitrogens with zero attached hydrogens (tertiary/aromatic N) is 2. The SMILES string of the molecule is C=C(/C=C\C(C#CC1=C/C(=C/CF)C(=NCC)N1)=C/C)c1ccc(N(C)C)cc1. The number of anilines is 1. The Labute approximate surface area is 173 Å². The third-order valence-electron chi connectivity index (χ3n) is 4.31. The van der Waals surface area contributed by atoms with E-state index >= 15 is 0 Å². The summed E-state index contributed by atoms with van der Waals surface area (Å²) in [6, 6.07) is 8.26. The van der Waals surface area contributed by atoms with Gasteiger partial charge in [0.15, 0.2) is 0 Å². The molecule has 1 aromatic rings. The van der Waals surface area contributed by atoms with E-state index in [0.717, 1.165) is 28.0 Å². The lowest BCUT2D eigenvalue weighted by molar-refractivity contribution is 0.561. The lowest BCUT2D eigenvalue weighted by atomic mass is 10.1. The summed E-state index contributed by atoms with van der Waals surface area (Å²) in [5, 5.41) is 3.14. The van der Waals surface area contributed by atoms with Crippen molar-refractivity contribution in [3.8, 4) is 11.8 Å². The van der Waals surface area contributed by atoms with Crippen LogP contribution >= 0.6 is 0 Å². The van der Waals surface area contributed by atoms with Gasteiger partial charge in [0.05, 0.1) is 5.70 Å². The van der Waals surface area contributed by atoms with Gasteiger partial charge in [-0.15, -0.1) is 0 Å². The number of hydrogen-bond donors (Lipinski definition) is 1. The molecule has 0 atom stereocenters. The van der Waals surface area contributed by atoms with Gasteiger partial charge in [0.1, 0.15) is 12.5 Å². The molecule has 1 aliphatic heterocycles. The molecule has 0 saturated heterocycles. The van der Waals surface area contributed by atoms with Crippen LogP contribution in [0, 0.1) is 11.8 Å². The molecule has 0 fully saturated rings. The first-order chi connectivity index (χ1) is 14.0. The quantitative estimate of drug-likeness (QED) is 0.543. The predicted molar refractivity (Wildman–Crippen MR) is 124 cm³/mol. The number of halogens is 1. The minimum atomic E-state index is -0.530. The fourth-order valence-corrected chi connectivity index (χ4v) is 2.66. The summed E-state index contributed by atoms with van der Waals surface area (Å²) in [5.74, 6) is 6.90. The van der Waals surface area contributed by atoms with Gasteiger partial charge in [0.25, 0.3) is 0 Å². The number of aliphatic imine (C=N–C) groups is 1. The second-order valence-corrected chi connectivity index (χ2v) is 6.61.